The van der Waals surface area contributed by atoms with Gasteiger partial charge in [0.15, 0.2) is 0 Å². The van der Waals surface area contributed by atoms with Crippen molar-refractivity contribution in [1.29, 1.82) is 0 Å². The SMILES string of the molecule is CCC(CC)N(CCO)C(=O)c1cccc([N+](=O)[O-])c1N. The van der Waals surface area contributed by atoms with Crippen molar-refractivity contribution in [2.75, 3.05) is 18.9 Å². The Hall–Kier alpha value is -2.15. The van der Waals surface area contributed by atoms with Crippen molar-refractivity contribution in [3.63, 3.8) is 0 Å². The van der Waals surface area contributed by atoms with Gasteiger partial charge < -0.3 is 15.7 Å². The van der Waals surface area contributed by atoms with E-state index in [1.807, 2.05) is 13.8 Å². The predicted molar refractivity (Wildman–Crippen MR) is 80.0 cm³/mol. The first-order chi connectivity index (χ1) is 9.97. The summed E-state index contributed by atoms with van der Waals surface area (Å²) < 4.78 is 0. The zero-order valence-corrected chi connectivity index (χ0v) is 12.3. The van der Waals surface area contributed by atoms with E-state index in [1.165, 1.54) is 23.1 Å². The van der Waals surface area contributed by atoms with Crippen LogP contribution >= 0.6 is 0 Å². The number of rotatable bonds is 7. The molecule has 1 rings (SSSR count). The van der Waals surface area contributed by atoms with Crippen LogP contribution in [0.2, 0.25) is 0 Å². The smallest absolute Gasteiger partial charge is 0.292 e. The van der Waals surface area contributed by atoms with Crippen LogP contribution in [0.15, 0.2) is 18.2 Å². The Kier molecular flexibility index (Phi) is 6.10. The minimum absolute atomic E-state index is 0.0386. The molecule has 0 atom stereocenters. The number of hydrogen-bond acceptors (Lipinski definition) is 5. The molecule has 3 N–H and O–H groups in total. The van der Waals surface area contributed by atoms with Crippen molar-refractivity contribution < 1.29 is 14.8 Å². The van der Waals surface area contributed by atoms with Gasteiger partial charge in [-0.2, -0.15) is 0 Å². The summed E-state index contributed by atoms with van der Waals surface area (Å²) in [6.07, 6.45) is 1.47. The number of para-hydroxylation sites is 1. The van der Waals surface area contributed by atoms with Gasteiger partial charge in [-0.15, -0.1) is 0 Å². The summed E-state index contributed by atoms with van der Waals surface area (Å²) in [5, 5.41) is 20.1. The number of anilines is 1. The molecule has 0 bridgehead atoms. The number of amides is 1. The molecule has 7 heteroatoms. The summed E-state index contributed by atoms with van der Waals surface area (Å²) in [6, 6.07) is 4.13. The molecule has 1 aromatic carbocycles. The first kappa shape index (κ1) is 16.9. The molecule has 0 aliphatic carbocycles. The highest BCUT2D eigenvalue weighted by Crippen LogP contribution is 2.26. The van der Waals surface area contributed by atoms with Gasteiger partial charge in [0.05, 0.1) is 17.1 Å². The largest absolute Gasteiger partial charge is 0.395 e. The van der Waals surface area contributed by atoms with Crippen LogP contribution in [0.5, 0.6) is 0 Å². The third-order valence-electron chi connectivity index (χ3n) is 3.50. The van der Waals surface area contributed by atoms with E-state index in [1.54, 1.807) is 0 Å². The van der Waals surface area contributed by atoms with Gasteiger partial charge in [-0.05, 0) is 18.9 Å². The second-order valence-electron chi connectivity index (χ2n) is 4.69. The van der Waals surface area contributed by atoms with Gasteiger partial charge in [0.1, 0.15) is 5.69 Å². The van der Waals surface area contributed by atoms with Gasteiger partial charge in [-0.3, -0.25) is 14.9 Å². The maximum absolute atomic E-state index is 12.6. The molecule has 0 aliphatic rings. The number of carbonyl (C=O) groups is 1. The fraction of sp³-hybridized carbons (Fsp3) is 0.500. The minimum Gasteiger partial charge on any atom is -0.395 e. The zero-order chi connectivity index (χ0) is 16.0. The summed E-state index contributed by atoms with van der Waals surface area (Å²) in [7, 11) is 0. The van der Waals surface area contributed by atoms with Gasteiger partial charge in [-0.25, -0.2) is 0 Å². The van der Waals surface area contributed by atoms with Crippen LogP contribution in [-0.4, -0.2) is 40.0 Å². The van der Waals surface area contributed by atoms with Gasteiger partial charge in [0.2, 0.25) is 0 Å². The molecule has 0 saturated heterocycles. The van der Waals surface area contributed by atoms with Crippen LogP contribution < -0.4 is 5.73 Å². The number of carbonyl (C=O) groups excluding carboxylic acids is 1. The Balaban J connectivity index is 3.21. The summed E-state index contributed by atoms with van der Waals surface area (Å²) in [4.78, 5) is 24.4. The number of hydrogen-bond donors (Lipinski definition) is 2. The second kappa shape index (κ2) is 7.58. The van der Waals surface area contributed by atoms with Gasteiger partial charge in [0.25, 0.3) is 11.6 Å². The van der Waals surface area contributed by atoms with Crippen LogP contribution in [0.25, 0.3) is 0 Å². The topological polar surface area (TPSA) is 110 Å². The lowest BCUT2D eigenvalue weighted by atomic mass is 10.1. The van der Waals surface area contributed by atoms with Crippen LogP contribution in [0, 0.1) is 10.1 Å². The quantitative estimate of drug-likeness (QED) is 0.453. The Morgan fingerprint density at radius 1 is 1.43 bits per heavy atom. The van der Waals surface area contributed by atoms with Crippen molar-refractivity contribution in [2.45, 2.75) is 32.7 Å². The van der Waals surface area contributed by atoms with E-state index in [0.29, 0.717) is 0 Å². The van der Waals surface area contributed by atoms with E-state index in [9.17, 15) is 14.9 Å². The van der Waals surface area contributed by atoms with E-state index in [2.05, 4.69) is 0 Å². The summed E-state index contributed by atoms with van der Waals surface area (Å²) in [6.45, 7) is 3.90. The van der Waals surface area contributed by atoms with E-state index < -0.39 is 4.92 Å². The van der Waals surface area contributed by atoms with E-state index in [0.717, 1.165) is 12.8 Å². The van der Waals surface area contributed by atoms with E-state index in [-0.39, 0.29) is 42.0 Å². The van der Waals surface area contributed by atoms with Crippen molar-refractivity contribution >= 4 is 17.3 Å². The molecule has 0 radical (unpaired) electrons. The molecule has 1 aromatic rings. The van der Waals surface area contributed by atoms with Crippen molar-refractivity contribution in [2.24, 2.45) is 0 Å². The highest BCUT2D eigenvalue weighted by Gasteiger charge is 2.26. The lowest BCUT2D eigenvalue weighted by Gasteiger charge is -2.30. The van der Waals surface area contributed by atoms with Crippen LogP contribution in [0.3, 0.4) is 0 Å². The van der Waals surface area contributed by atoms with Crippen molar-refractivity contribution in [1.82, 2.24) is 4.90 Å². The summed E-state index contributed by atoms with van der Waals surface area (Å²) in [5.41, 5.74) is 5.43. The average molecular weight is 295 g/mol. The molecule has 0 spiro atoms. The number of aliphatic hydroxyl groups is 1. The molecule has 1 amide bonds. The second-order valence-corrected chi connectivity index (χ2v) is 4.69. The number of nitro benzene ring substituents is 1. The van der Waals surface area contributed by atoms with E-state index in [4.69, 9.17) is 10.8 Å². The average Bonchev–Trinajstić information content (AvgIpc) is 2.46. The molecule has 0 fully saturated rings. The number of nitrogens with zero attached hydrogens (tertiary/aromatic N) is 2. The third-order valence-corrected chi connectivity index (χ3v) is 3.50. The Morgan fingerprint density at radius 3 is 2.52 bits per heavy atom. The lowest BCUT2D eigenvalue weighted by Crippen LogP contribution is -2.41. The predicted octanol–water partition coefficient (Wildman–Crippen LogP) is 1.80. The molecule has 116 valence electrons. The standard InChI is InChI=1S/C14H21N3O4/c1-3-10(4-2)16(8-9-18)14(19)11-6-5-7-12(13(11)15)17(20)21/h5-7,10,18H,3-4,8-9,15H2,1-2H3. The number of nitro groups is 1. The van der Waals surface area contributed by atoms with Gasteiger partial charge >= 0.3 is 0 Å². The maximum Gasteiger partial charge on any atom is 0.292 e. The molecule has 0 saturated carbocycles. The fourth-order valence-electron chi connectivity index (χ4n) is 2.34. The Morgan fingerprint density at radius 2 is 2.05 bits per heavy atom. The molecule has 7 nitrogen and oxygen atoms in total. The first-order valence-corrected chi connectivity index (χ1v) is 6.92. The summed E-state index contributed by atoms with van der Waals surface area (Å²) in [5.74, 6) is -0.390. The highest BCUT2D eigenvalue weighted by atomic mass is 16.6. The summed E-state index contributed by atoms with van der Waals surface area (Å²) >= 11 is 0. The Bertz CT molecular complexity index is 515. The van der Waals surface area contributed by atoms with E-state index >= 15 is 0 Å². The number of nitrogens with two attached hydrogens (primary N) is 1. The van der Waals surface area contributed by atoms with Crippen LogP contribution in [0.4, 0.5) is 11.4 Å². The third kappa shape index (κ3) is 3.69. The van der Waals surface area contributed by atoms with Crippen LogP contribution in [0.1, 0.15) is 37.0 Å². The van der Waals surface area contributed by atoms with Crippen molar-refractivity contribution in [3.05, 3.63) is 33.9 Å². The lowest BCUT2D eigenvalue weighted by molar-refractivity contribution is -0.383. The van der Waals surface area contributed by atoms with Gasteiger partial charge in [-0.1, -0.05) is 19.9 Å². The molecule has 21 heavy (non-hydrogen) atoms. The first-order valence-electron chi connectivity index (χ1n) is 6.92. The van der Waals surface area contributed by atoms with Crippen molar-refractivity contribution in [3.8, 4) is 0 Å². The maximum atomic E-state index is 12.6. The molecule has 0 unspecified atom stereocenters. The highest BCUT2D eigenvalue weighted by molar-refractivity contribution is 6.01. The molecule has 0 aromatic heterocycles. The number of benzene rings is 1. The monoisotopic (exact) mass is 295 g/mol. The molecular formula is C14H21N3O4. The number of nitrogen functional groups attached to an aromatic ring is 1. The fourth-order valence-corrected chi connectivity index (χ4v) is 2.34. The molecular weight excluding hydrogens is 274 g/mol. The normalized spacial score (nSPS) is 10.7. The van der Waals surface area contributed by atoms with Crippen LogP contribution in [-0.2, 0) is 0 Å². The Labute approximate surface area is 123 Å². The van der Waals surface area contributed by atoms with Gasteiger partial charge in [0, 0.05) is 18.7 Å². The zero-order valence-electron chi connectivity index (χ0n) is 12.3. The molecule has 0 heterocycles. The minimum atomic E-state index is -0.611. The number of aliphatic hydroxyl groups excluding tert-OH is 1. The molecule has 0 aliphatic heterocycles.